The van der Waals surface area contributed by atoms with Crippen LogP contribution in [0.15, 0.2) is 33.2 Å². The summed E-state index contributed by atoms with van der Waals surface area (Å²) in [4.78, 5) is 11.2. The first-order valence-electron chi connectivity index (χ1n) is 4.39. The van der Waals surface area contributed by atoms with Crippen LogP contribution < -0.4 is 0 Å². The van der Waals surface area contributed by atoms with Gasteiger partial charge in [-0.15, -0.1) is 21.8 Å². The fraction of sp³-hybridized carbons (Fsp3) is 0.100. The SMILES string of the molecule is O=C(CCl)c1nnc(-c2cccc(Br)c2)o1. The normalized spacial score (nSPS) is 10.4. The Morgan fingerprint density at radius 3 is 2.94 bits per heavy atom. The minimum Gasteiger partial charge on any atom is -0.414 e. The van der Waals surface area contributed by atoms with Crippen LogP contribution in [0.3, 0.4) is 0 Å². The number of hydrogen-bond donors (Lipinski definition) is 0. The van der Waals surface area contributed by atoms with Crippen LogP contribution >= 0.6 is 27.5 Å². The van der Waals surface area contributed by atoms with E-state index >= 15 is 0 Å². The first-order chi connectivity index (χ1) is 7.70. The van der Waals surface area contributed by atoms with Gasteiger partial charge in [-0.2, -0.15) is 0 Å². The Hall–Kier alpha value is -1.20. The molecule has 82 valence electrons. The first-order valence-corrected chi connectivity index (χ1v) is 5.72. The molecular weight excluding hydrogens is 295 g/mol. The highest BCUT2D eigenvalue weighted by Crippen LogP contribution is 2.21. The van der Waals surface area contributed by atoms with Crippen molar-refractivity contribution >= 4 is 33.3 Å². The van der Waals surface area contributed by atoms with E-state index in [-0.39, 0.29) is 17.6 Å². The van der Waals surface area contributed by atoms with Gasteiger partial charge >= 0.3 is 0 Å². The average molecular weight is 302 g/mol. The Balaban J connectivity index is 2.35. The molecule has 0 atom stereocenters. The molecule has 0 spiro atoms. The molecule has 16 heavy (non-hydrogen) atoms. The van der Waals surface area contributed by atoms with E-state index in [1.165, 1.54) is 0 Å². The molecule has 0 fully saturated rings. The summed E-state index contributed by atoms with van der Waals surface area (Å²) in [6.07, 6.45) is 0. The van der Waals surface area contributed by atoms with E-state index in [1.807, 2.05) is 24.3 Å². The van der Waals surface area contributed by atoms with Crippen molar-refractivity contribution in [2.24, 2.45) is 0 Å². The predicted octanol–water partition coefficient (Wildman–Crippen LogP) is 2.92. The van der Waals surface area contributed by atoms with Gasteiger partial charge in [0, 0.05) is 10.0 Å². The maximum absolute atomic E-state index is 11.2. The highest BCUT2D eigenvalue weighted by molar-refractivity contribution is 9.10. The number of ketones is 1. The summed E-state index contributed by atoms with van der Waals surface area (Å²) >= 11 is 8.71. The van der Waals surface area contributed by atoms with Crippen LogP contribution in [0.1, 0.15) is 10.7 Å². The second-order valence-electron chi connectivity index (χ2n) is 2.98. The zero-order valence-corrected chi connectivity index (χ0v) is 10.3. The van der Waals surface area contributed by atoms with Crippen molar-refractivity contribution in [1.82, 2.24) is 10.2 Å². The molecule has 0 saturated carbocycles. The Morgan fingerprint density at radius 2 is 2.25 bits per heavy atom. The zero-order valence-electron chi connectivity index (χ0n) is 7.98. The molecule has 0 saturated heterocycles. The van der Waals surface area contributed by atoms with E-state index in [0.717, 1.165) is 10.0 Å². The van der Waals surface area contributed by atoms with Crippen molar-refractivity contribution in [3.05, 3.63) is 34.6 Å². The fourth-order valence-corrected chi connectivity index (χ4v) is 1.64. The largest absolute Gasteiger partial charge is 0.414 e. The molecular formula is C10H6BrClN2O2. The number of Topliss-reactive ketones (excluding diaryl/α,β-unsaturated/α-hetero) is 1. The Morgan fingerprint density at radius 1 is 1.44 bits per heavy atom. The van der Waals surface area contributed by atoms with Crippen LogP contribution in [0.5, 0.6) is 0 Å². The lowest BCUT2D eigenvalue weighted by atomic mass is 10.2. The molecule has 4 nitrogen and oxygen atoms in total. The monoisotopic (exact) mass is 300 g/mol. The molecule has 6 heteroatoms. The highest BCUT2D eigenvalue weighted by atomic mass is 79.9. The van der Waals surface area contributed by atoms with E-state index in [0.29, 0.717) is 5.89 Å². The minimum absolute atomic E-state index is 0.0648. The summed E-state index contributed by atoms with van der Waals surface area (Å²) in [5, 5.41) is 7.41. The minimum atomic E-state index is -0.379. The van der Waals surface area contributed by atoms with Crippen LogP contribution in [-0.4, -0.2) is 21.9 Å². The van der Waals surface area contributed by atoms with Crippen molar-refractivity contribution in [3.8, 4) is 11.5 Å². The maximum Gasteiger partial charge on any atom is 0.285 e. The second-order valence-corrected chi connectivity index (χ2v) is 4.16. The number of hydrogen-bond acceptors (Lipinski definition) is 4. The number of nitrogens with zero attached hydrogens (tertiary/aromatic N) is 2. The lowest BCUT2D eigenvalue weighted by Gasteiger charge is -1.94. The van der Waals surface area contributed by atoms with Crippen LogP contribution in [-0.2, 0) is 0 Å². The topological polar surface area (TPSA) is 56.0 Å². The summed E-state index contributed by atoms with van der Waals surface area (Å²) in [6.45, 7) is 0. The molecule has 2 aromatic rings. The maximum atomic E-state index is 11.2. The third kappa shape index (κ3) is 2.31. The molecule has 1 heterocycles. The van der Waals surface area contributed by atoms with Crippen molar-refractivity contribution < 1.29 is 9.21 Å². The van der Waals surface area contributed by atoms with Gasteiger partial charge in [-0.3, -0.25) is 4.79 Å². The van der Waals surface area contributed by atoms with Gasteiger partial charge in [-0.05, 0) is 18.2 Å². The number of rotatable bonds is 3. The lowest BCUT2D eigenvalue weighted by molar-refractivity contribution is 0.0985. The van der Waals surface area contributed by atoms with Crippen LogP contribution in [0.2, 0.25) is 0 Å². The second kappa shape index (κ2) is 4.76. The van der Waals surface area contributed by atoms with E-state index in [2.05, 4.69) is 26.1 Å². The zero-order chi connectivity index (χ0) is 11.5. The Labute approximate surface area is 105 Å². The van der Waals surface area contributed by atoms with Crippen LogP contribution in [0.4, 0.5) is 0 Å². The van der Waals surface area contributed by atoms with Gasteiger partial charge in [0.1, 0.15) is 0 Å². The molecule has 0 bridgehead atoms. The Kier molecular flexibility index (Phi) is 3.36. The summed E-state index contributed by atoms with van der Waals surface area (Å²) in [7, 11) is 0. The number of halogens is 2. The van der Waals surface area contributed by atoms with E-state index in [4.69, 9.17) is 16.0 Å². The van der Waals surface area contributed by atoms with Gasteiger partial charge in [0.05, 0.1) is 5.88 Å². The van der Waals surface area contributed by atoms with Crippen LogP contribution in [0.25, 0.3) is 11.5 Å². The van der Waals surface area contributed by atoms with Gasteiger partial charge in [-0.25, -0.2) is 0 Å². The van der Waals surface area contributed by atoms with Gasteiger partial charge in [0.2, 0.25) is 11.7 Å². The lowest BCUT2D eigenvalue weighted by Crippen LogP contribution is -1.99. The van der Waals surface area contributed by atoms with Gasteiger partial charge in [0.15, 0.2) is 0 Å². The van der Waals surface area contributed by atoms with Gasteiger partial charge in [-0.1, -0.05) is 22.0 Å². The predicted molar refractivity (Wildman–Crippen MR) is 62.5 cm³/mol. The standard InChI is InChI=1S/C10H6BrClN2O2/c11-7-3-1-2-6(4-7)9-13-14-10(16-9)8(15)5-12/h1-4H,5H2. The molecule has 0 aliphatic heterocycles. The van der Waals surface area contributed by atoms with Crippen molar-refractivity contribution in [1.29, 1.82) is 0 Å². The number of carbonyl (C=O) groups excluding carboxylic acids is 1. The quantitative estimate of drug-likeness (QED) is 0.646. The summed E-state index contributed by atoms with van der Waals surface area (Å²) < 4.78 is 6.10. The van der Waals surface area contributed by atoms with E-state index in [1.54, 1.807) is 0 Å². The molecule has 2 rings (SSSR count). The Bertz CT molecular complexity index is 527. The third-order valence-corrected chi connectivity index (χ3v) is 2.59. The average Bonchev–Trinajstić information content (AvgIpc) is 2.77. The van der Waals surface area contributed by atoms with E-state index < -0.39 is 0 Å². The molecule has 0 amide bonds. The van der Waals surface area contributed by atoms with Gasteiger partial charge in [0.25, 0.3) is 5.89 Å². The molecule has 1 aromatic heterocycles. The number of benzene rings is 1. The van der Waals surface area contributed by atoms with Crippen molar-refractivity contribution in [3.63, 3.8) is 0 Å². The molecule has 0 aliphatic carbocycles. The van der Waals surface area contributed by atoms with Crippen molar-refractivity contribution in [2.45, 2.75) is 0 Å². The summed E-state index contributed by atoms with van der Waals surface area (Å²) in [5.74, 6) is -0.310. The highest BCUT2D eigenvalue weighted by Gasteiger charge is 2.14. The first kappa shape index (κ1) is 11.3. The molecule has 0 N–H and O–H groups in total. The summed E-state index contributed by atoms with van der Waals surface area (Å²) in [6, 6.07) is 7.35. The molecule has 0 radical (unpaired) electrons. The fourth-order valence-electron chi connectivity index (χ4n) is 1.13. The summed E-state index contributed by atoms with van der Waals surface area (Å²) in [5.41, 5.74) is 0.746. The molecule has 0 aliphatic rings. The van der Waals surface area contributed by atoms with Crippen LogP contribution in [0, 0.1) is 0 Å². The number of alkyl halides is 1. The smallest absolute Gasteiger partial charge is 0.285 e. The third-order valence-electron chi connectivity index (χ3n) is 1.86. The molecule has 1 aromatic carbocycles. The molecule has 0 unspecified atom stereocenters. The van der Waals surface area contributed by atoms with Crippen molar-refractivity contribution in [2.75, 3.05) is 5.88 Å². The number of carbonyl (C=O) groups is 1. The van der Waals surface area contributed by atoms with E-state index in [9.17, 15) is 4.79 Å². The number of aromatic nitrogens is 2. The van der Waals surface area contributed by atoms with Gasteiger partial charge < -0.3 is 4.42 Å².